The highest BCUT2D eigenvalue weighted by Crippen LogP contribution is 2.41. The second-order valence-corrected chi connectivity index (χ2v) is 15.0. The summed E-state index contributed by atoms with van der Waals surface area (Å²) < 4.78 is 10.9. The molecule has 4 aromatic heterocycles. The average Bonchev–Trinajstić information content (AvgIpc) is 3.92. The SMILES string of the molecule is c1cc(-n2c3ccccc3c3c4ccccc4ccc32)c2cc3c4ccccc4n(-c4nc(-c5ccc6oc7ccccc7c6c5)c5ccccc5n4)c3cc2c1. The molecule has 9 aromatic carbocycles. The van der Waals surface area contributed by atoms with E-state index < -0.39 is 0 Å². The van der Waals surface area contributed by atoms with Gasteiger partial charge in [0.25, 0.3) is 0 Å². The van der Waals surface area contributed by atoms with Gasteiger partial charge in [-0.3, -0.25) is 4.57 Å². The Kier molecular flexibility index (Phi) is 6.10. The van der Waals surface area contributed by atoms with Crippen LogP contribution in [0.1, 0.15) is 0 Å². The van der Waals surface area contributed by atoms with E-state index in [0.717, 1.165) is 77.0 Å². The normalized spacial score (nSPS) is 12.2. The molecule has 0 amide bonds. The van der Waals surface area contributed by atoms with E-state index in [1.807, 2.05) is 18.2 Å². The Labute approximate surface area is 325 Å². The quantitative estimate of drug-likeness (QED) is 0.182. The lowest BCUT2D eigenvalue weighted by atomic mass is 10.0. The Bertz CT molecular complexity index is 3830. The highest BCUT2D eigenvalue weighted by Gasteiger charge is 2.21. The van der Waals surface area contributed by atoms with Gasteiger partial charge in [-0.15, -0.1) is 0 Å². The number of benzene rings is 9. The average molecular weight is 727 g/mol. The first kappa shape index (κ1) is 30.6. The van der Waals surface area contributed by atoms with Crippen LogP contribution >= 0.6 is 0 Å². The highest BCUT2D eigenvalue weighted by atomic mass is 16.3. The number of rotatable bonds is 3. The Morgan fingerprint density at radius 1 is 0.368 bits per heavy atom. The molecule has 0 unspecified atom stereocenters. The zero-order chi connectivity index (χ0) is 37.2. The molecule has 0 aliphatic rings. The van der Waals surface area contributed by atoms with Crippen molar-refractivity contribution in [2.45, 2.75) is 0 Å². The Balaban J connectivity index is 1.08. The van der Waals surface area contributed by atoms with E-state index in [9.17, 15) is 0 Å². The molecule has 4 heterocycles. The van der Waals surface area contributed by atoms with Crippen molar-refractivity contribution in [3.05, 3.63) is 182 Å². The van der Waals surface area contributed by atoms with Crippen LogP contribution in [0.3, 0.4) is 0 Å². The van der Waals surface area contributed by atoms with Crippen LogP contribution in [-0.4, -0.2) is 19.1 Å². The highest BCUT2D eigenvalue weighted by molar-refractivity contribution is 6.22. The lowest BCUT2D eigenvalue weighted by Crippen LogP contribution is -2.03. The summed E-state index contributed by atoms with van der Waals surface area (Å²) in [4.78, 5) is 10.7. The predicted molar refractivity (Wildman–Crippen MR) is 236 cm³/mol. The standard InChI is InChI=1S/C52H30N4O/c1-2-14-34-31(12-1)24-26-46-50(34)38-18-5-9-21-44(38)55(46)45-22-11-13-32-29-47-40(30-39(32)45)35-15-4-8-20-43(35)56(47)52-53-42-19-7-3-17-37(42)51(54-52)33-25-27-49-41(28-33)36-16-6-10-23-48(36)57-49/h1-30H. The number of furan rings is 1. The van der Waals surface area contributed by atoms with Crippen LogP contribution in [0.25, 0.3) is 121 Å². The molecule has 0 saturated carbocycles. The van der Waals surface area contributed by atoms with Crippen LogP contribution < -0.4 is 0 Å². The van der Waals surface area contributed by atoms with Crippen molar-refractivity contribution in [2.75, 3.05) is 0 Å². The molecule has 0 aliphatic heterocycles. The molecule has 5 nitrogen and oxygen atoms in total. The fraction of sp³-hybridized carbons (Fsp3) is 0. The van der Waals surface area contributed by atoms with Crippen molar-refractivity contribution >= 4 is 98.0 Å². The molecule has 0 bridgehead atoms. The minimum atomic E-state index is 0.636. The van der Waals surface area contributed by atoms with Gasteiger partial charge in [-0.2, -0.15) is 0 Å². The van der Waals surface area contributed by atoms with E-state index in [2.05, 4.69) is 173 Å². The fourth-order valence-corrected chi connectivity index (χ4v) is 9.39. The first-order valence-corrected chi connectivity index (χ1v) is 19.3. The molecule has 264 valence electrons. The number of fused-ring (bicyclic) bond motifs is 13. The second kappa shape index (κ2) is 11.4. The maximum atomic E-state index is 6.20. The van der Waals surface area contributed by atoms with E-state index in [1.165, 1.54) is 38.0 Å². The Morgan fingerprint density at radius 3 is 1.96 bits per heavy atom. The summed E-state index contributed by atoms with van der Waals surface area (Å²) >= 11 is 0. The largest absolute Gasteiger partial charge is 0.456 e. The van der Waals surface area contributed by atoms with Crippen molar-refractivity contribution in [3.63, 3.8) is 0 Å². The lowest BCUT2D eigenvalue weighted by Gasteiger charge is -2.14. The monoisotopic (exact) mass is 726 g/mol. The van der Waals surface area contributed by atoms with Crippen LogP contribution in [0.15, 0.2) is 186 Å². The number of hydrogen-bond acceptors (Lipinski definition) is 3. The molecule has 57 heavy (non-hydrogen) atoms. The number of hydrogen-bond donors (Lipinski definition) is 0. The van der Waals surface area contributed by atoms with Crippen molar-refractivity contribution in [2.24, 2.45) is 0 Å². The van der Waals surface area contributed by atoms with Crippen LogP contribution in [0.4, 0.5) is 0 Å². The lowest BCUT2D eigenvalue weighted by molar-refractivity contribution is 0.669. The van der Waals surface area contributed by atoms with Crippen molar-refractivity contribution in [3.8, 4) is 22.9 Å². The molecule has 0 saturated heterocycles. The van der Waals surface area contributed by atoms with Gasteiger partial charge in [-0.1, -0.05) is 115 Å². The zero-order valence-corrected chi connectivity index (χ0v) is 30.5. The van der Waals surface area contributed by atoms with E-state index >= 15 is 0 Å². The minimum absolute atomic E-state index is 0.636. The smallest absolute Gasteiger partial charge is 0.235 e. The van der Waals surface area contributed by atoms with E-state index in [-0.39, 0.29) is 0 Å². The van der Waals surface area contributed by atoms with Gasteiger partial charge in [0.1, 0.15) is 11.2 Å². The van der Waals surface area contributed by atoms with Gasteiger partial charge in [0.15, 0.2) is 0 Å². The van der Waals surface area contributed by atoms with Gasteiger partial charge in [0.05, 0.1) is 39.0 Å². The molecule has 5 heteroatoms. The third-order valence-corrected chi connectivity index (χ3v) is 11.9. The molecule has 13 aromatic rings. The molecular weight excluding hydrogens is 697 g/mol. The molecule has 0 spiro atoms. The van der Waals surface area contributed by atoms with E-state index in [4.69, 9.17) is 14.4 Å². The third kappa shape index (κ3) is 4.28. The van der Waals surface area contributed by atoms with Gasteiger partial charge < -0.3 is 8.98 Å². The van der Waals surface area contributed by atoms with Gasteiger partial charge in [-0.25, -0.2) is 9.97 Å². The molecular formula is C52H30N4O. The number of nitrogens with zero attached hydrogens (tertiary/aromatic N) is 4. The van der Waals surface area contributed by atoms with Gasteiger partial charge in [0.2, 0.25) is 5.95 Å². The fourth-order valence-electron chi connectivity index (χ4n) is 9.39. The summed E-state index contributed by atoms with van der Waals surface area (Å²) in [6, 6.07) is 64.9. The summed E-state index contributed by atoms with van der Waals surface area (Å²) in [6.07, 6.45) is 0. The van der Waals surface area contributed by atoms with Crippen LogP contribution in [0.5, 0.6) is 0 Å². The summed E-state index contributed by atoms with van der Waals surface area (Å²) in [6.45, 7) is 0. The first-order valence-electron chi connectivity index (χ1n) is 19.3. The minimum Gasteiger partial charge on any atom is -0.456 e. The topological polar surface area (TPSA) is 48.8 Å². The summed E-state index contributed by atoms with van der Waals surface area (Å²) in [7, 11) is 0. The molecule has 0 aliphatic carbocycles. The maximum Gasteiger partial charge on any atom is 0.235 e. The van der Waals surface area contributed by atoms with Crippen LogP contribution in [0.2, 0.25) is 0 Å². The number of para-hydroxylation sites is 4. The van der Waals surface area contributed by atoms with Gasteiger partial charge >= 0.3 is 0 Å². The van der Waals surface area contributed by atoms with Crippen LogP contribution in [-0.2, 0) is 0 Å². The Morgan fingerprint density at radius 2 is 1.07 bits per heavy atom. The van der Waals surface area contributed by atoms with Crippen molar-refractivity contribution in [1.29, 1.82) is 0 Å². The van der Waals surface area contributed by atoms with Crippen LogP contribution in [0, 0.1) is 0 Å². The predicted octanol–water partition coefficient (Wildman–Crippen LogP) is 13.7. The first-order chi connectivity index (χ1) is 28.3. The molecule has 13 rings (SSSR count). The van der Waals surface area contributed by atoms with E-state index in [1.54, 1.807) is 0 Å². The Hall–Kier alpha value is -7.76. The van der Waals surface area contributed by atoms with Gasteiger partial charge in [-0.05, 0) is 82.9 Å². The summed E-state index contributed by atoms with van der Waals surface area (Å²) in [5, 5.41) is 12.9. The zero-order valence-electron chi connectivity index (χ0n) is 30.5. The summed E-state index contributed by atoms with van der Waals surface area (Å²) in [5.41, 5.74) is 10.2. The third-order valence-electron chi connectivity index (χ3n) is 11.9. The molecule has 0 radical (unpaired) electrons. The second-order valence-electron chi connectivity index (χ2n) is 15.0. The van der Waals surface area contributed by atoms with Crippen molar-refractivity contribution in [1.82, 2.24) is 19.1 Å². The van der Waals surface area contributed by atoms with Gasteiger partial charge in [0, 0.05) is 48.7 Å². The molecule has 0 fully saturated rings. The van der Waals surface area contributed by atoms with Crippen molar-refractivity contribution < 1.29 is 4.42 Å². The molecule has 0 atom stereocenters. The van der Waals surface area contributed by atoms with E-state index in [0.29, 0.717) is 5.95 Å². The molecule has 0 N–H and O–H groups in total. The number of aromatic nitrogens is 4. The summed E-state index contributed by atoms with van der Waals surface area (Å²) in [5.74, 6) is 0.636. The maximum absolute atomic E-state index is 6.20.